The first kappa shape index (κ1) is 29.1. The van der Waals surface area contributed by atoms with E-state index in [-0.39, 0.29) is 24.0 Å². The fourth-order valence-corrected chi connectivity index (χ4v) is 4.34. The zero-order chi connectivity index (χ0) is 28.7. The number of nitrogens with one attached hydrogen (secondary N) is 2. The number of para-hydroxylation sites is 1. The standard InChI is InChI=1S/C22H18F8N2O5S/c1-11(31-18(33)20(7-8-20)32-19(34)22(28,29)30)13-6-5-12(9-16(13)24)14-3-2-4-15(23)17(14)37-38(35,36)10-21(25,26)27/h2-6,9,11H,7-8,10H2,1H3,(H,31,33)(H,32,34)/t11-/m1/s1. The molecule has 0 spiro atoms. The van der Waals surface area contributed by atoms with Crippen LogP contribution in [0.3, 0.4) is 0 Å². The van der Waals surface area contributed by atoms with E-state index in [4.69, 9.17) is 0 Å². The Kier molecular flexibility index (Phi) is 7.69. The van der Waals surface area contributed by atoms with Crippen molar-refractivity contribution in [2.24, 2.45) is 0 Å². The van der Waals surface area contributed by atoms with E-state index in [0.29, 0.717) is 0 Å². The number of hydrogen-bond acceptors (Lipinski definition) is 5. The molecule has 1 aliphatic rings. The van der Waals surface area contributed by atoms with Gasteiger partial charge in [-0.1, -0.05) is 24.3 Å². The Morgan fingerprint density at radius 3 is 2.18 bits per heavy atom. The first-order valence-electron chi connectivity index (χ1n) is 10.6. The highest BCUT2D eigenvalue weighted by molar-refractivity contribution is 7.87. The molecule has 3 rings (SSSR count). The van der Waals surface area contributed by atoms with E-state index in [9.17, 15) is 53.1 Å². The summed E-state index contributed by atoms with van der Waals surface area (Å²) in [6.45, 7) is 1.29. The van der Waals surface area contributed by atoms with Crippen LogP contribution in [0.4, 0.5) is 35.1 Å². The lowest BCUT2D eigenvalue weighted by atomic mass is 9.99. The minimum absolute atomic E-state index is 0.0750. The third kappa shape index (κ3) is 6.90. The molecular formula is C22H18F8N2O5S. The molecule has 1 saturated carbocycles. The highest BCUT2D eigenvalue weighted by Gasteiger charge is 2.55. The molecule has 0 radical (unpaired) electrons. The molecule has 0 heterocycles. The highest BCUT2D eigenvalue weighted by Crippen LogP contribution is 2.38. The van der Waals surface area contributed by atoms with Gasteiger partial charge in [-0.2, -0.15) is 34.8 Å². The van der Waals surface area contributed by atoms with Crippen LogP contribution in [-0.2, 0) is 19.7 Å². The quantitative estimate of drug-likeness (QED) is 0.362. The molecular weight excluding hydrogens is 556 g/mol. The van der Waals surface area contributed by atoms with Crippen LogP contribution in [0.5, 0.6) is 5.75 Å². The van der Waals surface area contributed by atoms with E-state index < -0.39 is 74.6 Å². The zero-order valence-electron chi connectivity index (χ0n) is 19.1. The van der Waals surface area contributed by atoms with Gasteiger partial charge in [0.2, 0.25) is 5.91 Å². The maximum atomic E-state index is 14.9. The molecule has 0 aliphatic heterocycles. The van der Waals surface area contributed by atoms with Crippen LogP contribution < -0.4 is 14.8 Å². The largest absolute Gasteiger partial charge is 0.471 e. The number of rotatable bonds is 8. The van der Waals surface area contributed by atoms with Gasteiger partial charge in [0.1, 0.15) is 11.4 Å². The van der Waals surface area contributed by atoms with Gasteiger partial charge in [-0.05, 0) is 37.5 Å². The van der Waals surface area contributed by atoms with Crippen LogP contribution >= 0.6 is 0 Å². The van der Waals surface area contributed by atoms with Gasteiger partial charge in [-0.25, -0.2) is 8.78 Å². The second kappa shape index (κ2) is 10.0. The smallest absolute Gasteiger partial charge is 0.378 e. The number of hydrogen-bond donors (Lipinski definition) is 2. The molecule has 0 saturated heterocycles. The van der Waals surface area contributed by atoms with Crippen molar-refractivity contribution < 1.29 is 57.3 Å². The van der Waals surface area contributed by atoms with Crippen LogP contribution in [-0.4, -0.2) is 43.9 Å². The van der Waals surface area contributed by atoms with E-state index in [1.807, 2.05) is 0 Å². The molecule has 16 heteroatoms. The van der Waals surface area contributed by atoms with Gasteiger partial charge in [-0.15, -0.1) is 0 Å². The highest BCUT2D eigenvalue weighted by atomic mass is 32.2. The van der Waals surface area contributed by atoms with Crippen molar-refractivity contribution in [3.8, 4) is 16.9 Å². The fourth-order valence-electron chi connectivity index (χ4n) is 3.46. The molecule has 7 nitrogen and oxygen atoms in total. The van der Waals surface area contributed by atoms with Crippen LogP contribution in [0.25, 0.3) is 11.1 Å². The molecule has 0 aromatic heterocycles. The van der Waals surface area contributed by atoms with Crippen molar-refractivity contribution in [3.63, 3.8) is 0 Å². The normalized spacial score (nSPS) is 15.9. The molecule has 1 atom stereocenters. The predicted molar refractivity (Wildman–Crippen MR) is 115 cm³/mol. The summed E-state index contributed by atoms with van der Waals surface area (Å²) in [7, 11) is -5.32. The molecule has 0 unspecified atom stereocenters. The third-order valence-electron chi connectivity index (χ3n) is 5.44. The summed E-state index contributed by atoms with van der Waals surface area (Å²) in [6, 6.07) is 4.73. The average molecular weight is 574 g/mol. The number of carbonyl (C=O) groups is 2. The van der Waals surface area contributed by atoms with Crippen LogP contribution in [0.1, 0.15) is 31.4 Å². The van der Waals surface area contributed by atoms with Gasteiger partial charge < -0.3 is 14.8 Å². The summed E-state index contributed by atoms with van der Waals surface area (Å²) in [6.07, 6.45) is -10.5. The van der Waals surface area contributed by atoms with Gasteiger partial charge in [0.05, 0.1) is 6.04 Å². The molecule has 38 heavy (non-hydrogen) atoms. The molecule has 1 fully saturated rings. The van der Waals surface area contributed by atoms with Crippen LogP contribution in [0, 0.1) is 11.6 Å². The summed E-state index contributed by atoms with van der Waals surface area (Å²) in [4.78, 5) is 23.7. The third-order valence-corrected chi connectivity index (χ3v) is 6.54. The van der Waals surface area contributed by atoms with Crippen molar-refractivity contribution in [1.82, 2.24) is 10.6 Å². The lowest BCUT2D eigenvalue weighted by molar-refractivity contribution is -0.175. The zero-order valence-corrected chi connectivity index (χ0v) is 20.0. The first-order chi connectivity index (χ1) is 17.3. The van der Waals surface area contributed by atoms with Crippen molar-refractivity contribution in [1.29, 1.82) is 0 Å². The Morgan fingerprint density at radius 2 is 1.66 bits per heavy atom. The minimum atomic E-state index is -5.32. The van der Waals surface area contributed by atoms with Crippen molar-refractivity contribution in [3.05, 3.63) is 53.6 Å². The molecule has 208 valence electrons. The fraction of sp³-hybridized carbons (Fsp3) is 0.364. The molecule has 2 N–H and O–H groups in total. The first-order valence-corrected chi connectivity index (χ1v) is 12.2. The summed E-state index contributed by atoms with van der Waals surface area (Å²) < 4.78 is 132. The molecule has 2 amide bonds. The van der Waals surface area contributed by atoms with Crippen LogP contribution in [0.15, 0.2) is 36.4 Å². The second-order valence-corrected chi connectivity index (χ2v) is 10.1. The average Bonchev–Trinajstić information content (AvgIpc) is 3.53. The number of halogens is 8. The van der Waals surface area contributed by atoms with E-state index in [1.165, 1.54) is 6.92 Å². The molecule has 0 bridgehead atoms. The van der Waals surface area contributed by atoms with Crippen LogP contribution in [0.2, 0.25) is 0 Å². The van der Waals surface area contributed by atoms with Gasteiger partial charge in [0.15, 0.2) is 17.3 Å². The van der Waals surface area contributed by atoms with E-state index in [0.717, 1.165) is 36.4 Å². The number of alkyl halides is 6. The Hall–Kier alpha value is -3.43. The maximum Gasteiger partial charge on any atom is 0.471 e. The monoisotopic (exact) mass is 574 g/mol. The topological polar surface area (TPSA) is 102 Å². The van der Waals surface area contributed by atoms with E-state index >= 15 is 0 Å². The van der Waals surface area contributed by atoms with Gasteiger partial charge in [0.25, 0.3) is 0 Å². The van der Waals surface area contributed by atoms with Gasteiger partial charge >= 0.3 is 28.4 Å². The second-order valence-electron chi connectivity index (χ2n) is 8.48. The van der Waals surface area contributed by atoms with E-state index in [2.05, 4.69) is 9.50 Å². The van der Waals surface area contributed by atoms with Gasteiger partial charge in [0, 0.05) is 11.1 Å². The van der Waals surface area contributed by atoms with Crippen molar-refractivity contribution in [2.45, 2.75) is 43.7 Å². The Bertz CT molecular complexity index is 1350. The molecule has 2 aromatic carbocycles. The summed E-state index contributed by atoms with van der Waals surface area (Å²) in [5, 5.41) is 3.91. The minimum Gasteiger partial charge on any atom is -0.378 e. The molecule has 1 aliphatic carbocycles. The Morgan fingerprint density at radius 1 is 1.03 bits per heavy atom. The number of benzene rings is 2. The SMILES string of the molecule is C[C@@H](NC(=O)C1(NC(=O)C(F)(F)F)CC1)c1ccc(-c2cccc(F)c2OS(=O)(=O)CC(F)(F)F)cc1F. The summed E-state index contributed by atoms with van der Waals surface area (Å²) >= 11 is 0. The maximum absolute atomic E-state index is 14.9. The van der Waals surface area contributed by atoms with Crippen molar-refractivity contribution in [2.75, 3.05) is 5.75 Å². The summed E-state index contributed by atoms with van der Waals surface area (Å²) in [5.41, 5.74) is -2.58. The predicted octanol–water partition coefficient (Wildman–Crippen LogP) is 4.29. The Balaban J connectivity index is 1.82. The molecule has 2 aromatic rings. The van der Waals surface area contributed by atoms with Gasteiger partial charge in [-0.3, -0.25) is 9.59 Å². The number of carbonyl (C=O) groups excluding carboxylic acids is 2. The number of amides is 2. The van der Waals surface area contributed by atoms with E-state index in [1.54, 1.807) is 5.32 Å². The Labute approximate surface area is 210 Å². The lowest BCUT2D eigenvalue weighted by Gasteiger charge is -2.22. The van der Waals surface area contributed by atoms with Crippen molar-refractivity contribution >= 4 is 21.9 Å². The lowest BCUT2D eigenvalue weighted by Crippen LogP contribution is -2.53. The summed E-state index contributed by atoms with van der Waals surface area (Å²) in [5.74, 6) is -9.16.